The van der Waals surface area contributed by atoms with E-state index in [0.717, 1.165) is 5.56 Å². The highest BCUT2D eigenvalue weighted by Crippen LogP contribution is 2.26. The summed E-state index contributed by atoms with van der Waals surface area (Å²) in [6.07, 6.45) is 1.39. The van der Waals surface area contributed by atoms with E-state index in [4.69, 9.17) is 9.47 Å². The van der Waals surface area contributed by atoms with Crippen molar-refractivity contribution in [2.24, 2.45) is 0 Å². The van der Waals surface area contributed by atoms with Gasteiger partial charge in [-0.15, -0.1) is 0 Å². The van der Waals surface area contributed by atoms with E-state index < -0.39 is 6.04 Å². The van der Waals surface area contributed by atoms with Gasteiger partial charge in [-0.3, -0.25) is 9.59 Å². The zero-order valence-electron chi connectivity index (χ0n) is 20.1. The summed E-state index contributed by atoms with van der Waals surface area (Å²) in [5, 5.41) is 8.46. The lowest BCUT2D eigenvalue weighted by Crippen LogP contribution is -2.53. The van der Waals surface area contributed by atoms with Crippen LogP contribution in [-0.2, 0) is 16.0 Å². The van der Waals surface area contributed by atoms with Crippen LogP contribution in [0.25, 0.3) is 0 Å². The van der Waals surface area contributed by atoms with Crippen molar-refractivity contribution in [3.05, 3.63) is 53.8 Å². The molecule has 1 heterocycles. The number of amides is 4. The Bertz CT molecular complexity index is 1040. The van der Waals surface area contributed by atoms with Gasteiger partial charge in [0.25, 0.3) is 0 Å². The minimum atomic E-state index is -0.783. The highest BCUT2D eigenvalue weighted by Gasteiger charge is 2.28. The number of rotatable bonds is 8. The smallest absolute Gasteiger partial charge is 0.321 e. The van der Waals surface area contributed by atoms with E-state index in [0.29, 0.717) is 43.1 Å². The molecule has 188 valence electrons. The predicted octanol–water partition coefficient (Wildman–Crippen LogP) is 2.70. The summed E-state index contributed by atoms with van der Waals surface area (Å²) in [5.41, 5.74) is 1.27. The third-order valence-electron chi connectivity index (χ3n) is 5.84. The van der Waals surface area contributed by atoms with Crippen LogP contribution in [0.1, 0.15) is 25.3 Å². The Kier molecular flexibility index (Phi) is 8.88. The van der Waals surface area contributed by atoms with Crippen molar-refractivity contribution in [3.63, 3.8) is 0 Å². The number of anilines is 1. The average molecular weight is 487 g/mol. The molecule has 10 heteroatoms. The number of benzene rings is 2. The van der Waals surface area contributed by atoms with Crippen LogP contribution < -0.4 is 25.4 Å². The number of methoxy groups -OCH3 is 2. The lowest BCUT2D eigenvalue weighted by atomic mass is 10.0. The van der Waals surface area contributed by atoms with Gasteiger partial charge < -0.3 is 30.3 Å². The van der Waals surface area contributed by atoms with Crippen LogP contribution in [0.3, 0.4) is 0 Å². The summed E-state index contributed by atoms with van der Waals surface area (Å²) in [7, 11) is 3.09. The molecule has 2 aromatic carbocycles. The van der Waals surface area contributed by atoms with Crippen molar-refractivity contribution in [3.8, 4) is 11.5 Å². The molecule has 0 radical (unpaired) electrons. The summed E-state index contributed by atoms with van der Waals surface area (Å²) < 4.78 is 23.7. The number of carbonyl (C=O) groups excluding carboxylic acids is 3. The summed E-state index contributed by atoms with van der Waals surface area (Å²) in [5.74, 6) is 0.203. The SMILES string of the molecule is COc1ccc(CC(NC(C)=O)C(=O)NC2CCN(C(=O)Nc3ccc(F)cc3)CC2)c(OC)c1. The van der Waals surface area contributed by atoms with Crippen LogP contribution in [0.2, 0.25) is 0 Å². The molecule has 0 bridgehead atoms. The molecule has 9 nitrogen and oxygen atoms in total. The zero-order valence-corrected chi connectivity index (χ0v) is 20.1. The summed E-state index contributed by atoms with van der Waals surface area (Å²) in [6, 6.07) is 9.68. The number of carbonyl (C=O) groups is 3. The van der Waals surface area contributed by atoms with Gasteiger partial charge in [-0.05, 0) is 48.7 Å². The lowest BCUT2D eigenvalue weighted by Gasteiger charge is -2.33. The number of halogens is 1. The third-order valence-corrected chi connectivity index (χ3v) is 5.84. The first-order valence-electron chi connectivity index (χ1n) is 11.4. The van der Waals surface area contributed by atoms with E-state index in [1.54, 1.807) is 30.2 Å². The fourth-order valence-electron chi connectivity index (χ4n) is 3.96. The van der Waals surface area contributed by atoms with Crippen LogP contribution >= 0.6 is 0 Å². The number of nitrogens with one attached hydrogen (secondary N) is 3. The normalized spacial score (nSPS) is 14.6. The Labute approximate surface area is 204 Å². The van der Waals surface area contributed by atoms with Crippen molar-refractivity contribution in [1.29, 1.82) is 0 Å². The predicted molar refractivity (Wildman–Crippen MR) is 129 cm³/mol. The first-order valence-corrected chi connectivity index (χ1v) is 11.4. The second kappa shape index (κ2) is 12.0. The molecule has 2 aromatic rings. The van der Waals surface area contributed by atoms with Crippen molar-refractivity contribution in [1.82, 2.24) is 15.5 Å². The molecule has 1 fully saturated rings. The molecule has 4 amide bonds. The Morgan fingerprint density at radius 2 is 1.74 bits per heavy atom. The molecule has 3 N–H and O–H groups in total. The van der Waals surface area contributed by atoms with E-state index in [1.165, 1.54) is 38.3 Å². The third kappa shape index (κ3) is 7.33. The van der Waals surface area contributed by atoms with Crippen LogP contribution in [0, 0.1) is 5.82 Å². The van der Waals surface area contributed by atoms with Crippen molar-refractivity contribution in [2.75, 3.05) is 32.6 Å². The first-order chi connectivity index (χ1) is 16.8. The van der Waals surface area contributed by atoms with Crippen LogP contribution in [0.15, 0.2) is 42.5 Å². The van der Waals surface area contributed by atoms with E-state index >= 15 is 0 Å². The van der Waals surface area contributed by atoms with Gasteiger partial charge in [-0.1, -0.05) is 6.07 Å². The van der Waals surface area contributed by atoms with E-state index in [-0.39, 0.29) is 36.1 Å². The quantitative estimate of drug-likeness (QED) is 0.532. The van der Waals surface area contributed by atoms with Crippen LogP contribution in [0.4, 0.5) is 14.9 Å². The molecular formula is C25H31FN4O5. The lowest BCUT2D eigenvalue weighted by molar-refractivity contribution is -0.128. The van der Waals surface area contributed by atoms with Crippen LogP contribution in [-0.4, -0.2) is 62.1 Å². The van der Waals surface area contributed by atoms with E-state index in [2.05, 4.69) is 16.0 Å². The molecule has 0 aliphatic carbocycles. The number of ether oxygens (including phenoxy) is 2. The largest absolute Gasteiger partial charge is 0.497 e. The van der Waals surface area contributed by atoms with Gasteiger partial charge in [0, 0.05) is 44.2 Å². The number of nitrogens with zero attached hydrogens (tertiary/aromatic N) is 1. The number of hydrogen-bond donors (Lipinski definition) is 3. The molecule has 0 saturated carbocycles. The molecule has 1 atom stereocenters. The maximum atomic E-state index is 13.1. The number of urea groups is 1. The molecule has 0 spiro atoms. The van der Waals surface area contributed by atoms with Gasteiger partial charge in [-0.25, -0.2) is 9.18 Å². The average Bonchev–Trinajstić information content (AvgIpc) is 2.85. The number of piperidine rings is 1. The monoisotopic (exact) mass is 486 g/mol. The van der Waals surface area contributed by atoms with Gasteiger partial charge in [0.15, 0.2) is 0 Å². The molecule has 0 aromatic heterocycles. The molecule has 35 heavy (non-hydrogen) atoms. The fourth-order valence-corrected chi connectivity index (χ4v) is 3.96. The molecule has 1 unspecified atom stereocenters. The maximum Gasteiger partial charge on any atom is 0.321 e. The van der Waals surface area contributed by atoms with Gasteiger partial charge >= 0.3 is 6.03 Å². The molecule has 1 aliphatic rings. The Balaban J connectivity index is 1.56. The second-order valence-electron chi connectivity index (χ2n) is 8.34. The standard InChI is InChI=1S/C25H31FN4O5/c1-16(31)27-22(14-17-4-9-21(34-2)15-23(17)35-3)24(32)28-20-10-12-30(13-11-20)25(33)29-19-7-5-18(26)6-8-19/h4-9,15,20,22H,10-14H2,1-3H3,(H,27,31)(H,28,32)(H,29,33). The van der Waals surface area contributed by atoms with Gasteiger partial charge in [0.05, 0.1) is 14.2 Å². The maximum absolute atomic E-state index is 13.1. The minimum absolute atomic E-state index is 0.133. The number of likely N-dealkylation sites (tertiary alicyclic amines) is 1. The molecule has 1 aliphatic heterocycles. The summed E-state index contributed by atoms with van der Waals surface area (Å²) in [4.78, 5) is 38.9. The van der Waals surface area contributed by atoms with E-state index in [9.17, 15) is 18.8 Å². The minimum Gasteiger partial charge on any atom is -0.497 e. The highest BCUT2D eigenvalue weighted by atomic mass is 19.1. The highest BCUT2D eigenvalue weighted by molar-refractivity contribution is 5.89. The number of hydrogen-bond acceptors (Lipinski definition) is 5. The summed E-state index contributed by atoms with van der Waals surface area (Å²) >= 11 is 0. The zero-order chi connectivity index (χ0) is 25.4. The Morgan fingerprint density at radius 1 is 1.06 bits per heavy atom. The molecular weight excluding hydrogens is 455 g/mol. The van der Waals surface area contributed by atoms with Gasteiger partial charge in [-0.2, -0.15) is 0 Å². The van der Waals surface area contributed by atoms with Crippen LogP contribution in [0.5, 0.6) is 11.5 Å². The fraction of sp³-hybridized carbons (Fsp3) is 0.400. The van der Waals surface area contributed by atoms with Crippen molar-refractivity contribution < 1.29 is 28.2 Å². The second-order valence-corrected chi connectivity index (χ2v) is 8.34. The van der Waals surface area contributed by atoms with Crippen molar-refractivity contribution in [2.45, 2.75) is 38.3 Å². The van der Waals surface area contributed by atoms with Gasteiger partial charge in [0.1, 0.15) is 23.4 Å². The Morgan fingerprint density at radius 3 is 2.34 bits per heavy atom. The van der Waals surface area contributed by atoms with Gasteiger partial charge in [0.2, 0.25) is 11.8 Å². The molecule has 3 rings (SSSR count). The van der Waals surface area contributed by atoms with E-state index in [1.807, 2.05) is 0 Å². The molecule has 1 saturated heterocycles. The first kappa shape index (κ1) is 25.8. The Hall–Kier alpha value is -3.82. The summed E-state index contributed by atoms with van der Waals surface area (Å²) in [6.45, 7) is 2.27. The topological polar surface area (TPSA) is 109 Å². The van der Waals surface area contributed by atoms with Crippen molar-refractivity contribution >= 4 is 23.5 Å².